The first-order chi connectivity index (χ1) is 13.2. The summed E-state index contributed by atoms with van der Waals surface area (Å²) in [7, 11) is 0. The molecule has 28 heavy (non-hydrogen) atoms. The van der Waals surface area contributed by atoms with Crippen LogP contribution in [0.5, 0.6) is 0 Å². The molecule has 1 N–H and O–H groups in total. The van der Waals surface area contributed by atoms with Crippen molar-refractivity contribution >= 4 is 23.4 Å². The second-order valence-electron chi connectivity index (χ2n) is 6.80. The number of nitriles is 1. The van der Waals surface area contributed by atoms with Crippen LogP contribution in [0.2, 0.25) is 0 Å². The average molecular weight is 379 g/mol. The first kappa shape index (κ1) is 22.6. The normalized spacial score (nSPS) is 10.6. The van der Waals surface area contributed by atoms with Gasteiger partial charge in [-0.1, -0.05) is 58.9 Å². The Morgan fingerprint density at radius 3 is 2.25 bits per heavy atom. The van der Waals surface area contributed by atoms with Crippen LogP contribution in [0, 0.1) is 21.4 Å². The van der Waals surface area contributed by atoms with Crippen molar-refractivity contribution in [3.05, 3.63) is 75.3 Å². The van der Waals surface area contributed by atoms with Crippen LogP contribution in [-0.4, -0.2) is 10.8 Å². The Morgan fingerprint density at radius 2 is 1.75 bits per heavy atom. The number of anilines is 1. The number of amides is 1. The molecule has 146 valence electrons. The highest BCUT2D eigenvalue weighted by molar-refractivity contribution is 6.03. The number of hydrogen-bond acceptors (Lipinski definition) is 4. The van der Waals surface area contributed by atoms with Crippen molar-refractivity contribution in [2.24, 2.45) is 0 Å². The zero-order valence-electron chi connectivity index (χ0n) is 16.8. The molecule has 6 heteroatoms. The van der Waals surface area contributed by atoms with E-state index in [1.54, 1.807) is 6.08 Å². The second kappa shape index (κ2) is 10.0. The third-order valence-corrected chi connectivity index (χ3v) is 3.79. The highest BCUT2D eigenvalue weighted by atomic mass is 16.6. The van der Waals surface area contributed by atoms with E-state index < -0.39 is 10.8 Å². The molecular formula is C22H25N3O3. The predicted molar refractivity (Wildman–Crippen MR) is 112 cm³/mol. The summed E-state index contributed by atoms with van der Waals surface area (Å²) in [5.74, 6) is -0.488. The minimum atomic E-state index is -0.634. The molecule has 2 aromatic carbocycles. The molecule has 0 unspecified atom stereocenters. The molecule has 0 spiro atoms. The number of nitro groups is 1. The molecule has 0 saturated carbocycles. The van der Waals surface area contributed by atoms with Crippen molar-refractivity contribution in [3.8, 4) is 6.07 Å². The highest BCUT2D eigenvalue weighted by Crippen LogP contribution is 2.25. The second-order valence-corrected chi connectivity index (χ2v) is 6.80. The zero-order chi connectivity index (χ0) is 21.3. The van der Waals surface area contributed by atoms with Crippen LogP contribution >= 0.6 is 0 Å². The summed E-state index contributed by atoms with van der Waals surface area (Å²) >= 11 is 0. The smallest absolute Gasteiger partial charge is 0.294 e. The molecule has 0 bridgehead atoms. The predicted octanol–water partition coefficient (Wildman–Crippen LogP) is 5.44. The molecule has 0 aliphatic heterocycles. The summed E-state index contributed by atoms with van der Waals surface area (Å²) in [4.78, 5) is 22.5. The van der Waals surface area contributed by atoms with Crippen molar-refractivity contribution in [2.75, 3.05) is 5.32 Å². The number of carbonyl (C=O) groups excluding carboxylic acids is 1. The Labute approximate surface area is 165 Å². The van der Waals surface area contributed by atoms with Crippen LogP contribution in [0.25, 0.3) is 6.08 Å². The quantitative estimate of drug-likeness (QED) is 0.434. The summed E-state index contributed by atoms with van der Waals surface area (Å²) in [6, 6.07) is 13.6. The van der Waals surface area contributed by atoms with Crippen LogP contribution < -0.4 is 5.32 Å². The SMILES string of the molecule is CC.CC(C)(C)c1ccc(/C=C/C(=O)Nc2ccc(C#N)cc2[N+](=O)[O-])cc1. The molecule has 0 aliphatic rings. The Hall–Kier alpha value is -3.46. The Kier molecular flexibility index (Phi) is 8.08. The lowest BCUT2D eigenvalue weighted by Crippen LogP contribution is -2.10. The lowest BCUT2D eigenvalue weighted by molar-refractivity contribution is -0.383. The van der Waals surface area contributed by atoms with Crippen molar-refractivity contribution in [1.29, 1.82) is 5.26 Å². The molecule has 0 atom stereocenters. The van der Waals surface area contributed by atoms with Crippen LogP contribution in [0.3, 0.4) is 0 Å². The number of nitro benzene ring substituents is 1. The molecule has 0 saturated heterocycles. The van der Waals surface area contributed by atoms with Gasteiger partial charge in [-0.2, -0.15) is 5.26 Å². The van der Waals surface area contributed by atoms with Crippen molar-refractivity contribution in [3.63, 3.8) is 0 Å². The van der Waals surface area contributed by atoms with Crippen molar-refractivity contribution in [1.82, 2.24) is 0 Å². The molecule has 0 radical (unpaired) electrons. The first-order valence-corrected chi connectivity index (χ1v) is 8.99. The van der Waals surface area contributed by atoms with E-state index in [0.717, 1.165) is 11.6 Å². The number of rotatable bonds is 4. The van der Waals surface area contributed by atoms with Crippen LogP contribution in [0.1, 0.15) is 51.3 Å². The third kappa shape index (κ3) is 6.36. The summed E-state index contributed by atoms with van der Waals surface area (Å²) < 4.78 is 0. The largest absolute Gasteiger partial charge is 0.317 e. The lowest BCUT2D eigenvalue weighted by atomic mass is 9.87. The molecule has 1 amide bonds. The van der Waals surface area contributed by atoms with E-state index in [9.17, 15) is 14.9 Å². The monoisotopic (exact) mass is 379 g/mol. The molecule has 0 aromatic heterocycles. The van der Waals surface area contributed by atoms with Gasteiger partial charge in [-0.3, -0.25) is 14.9 Å². The minimum Gasteiger partial charge on any atom is -0.317 e. The van der Waals surface area contributed by atoms with E-state index >= 15 is 0 Å². The van der Waals surface area contributed by atoms with Crippen LogP contribution in [-0.2, 0) is 10.2 Å². The Bertz CT molecular complexity index is 902. The fourth-order valence-corrected chi connectivity index (χ4v) is 2.30. The van der Waals surface area contributed by atoms with Gasteiger partial charge in [0, 0.05) is 12.1 Å². The van der Waals surface area contributed by atoms with Crippen molar-refractivity contribution < 1.29 is 9.72 Å². The van der Waals surface area contributed by atoms with Gasteiger partial charge in [-0.15, -0.1) is 0 Å². The topological polar surface area (TPSA) is 96.0 Å². The van der Waals surface area contributed by atoms with Gasteiger partial charge in [0.1, 0.15) is 5.69 Å². The molecule has 2 aromatic rings. The molecule has 0 heterocycles. The van der Waals surface area contributed by atoms with E-state index in [1.165, 1.54) is 23.8 Å². The van der Waals surface area contributed by atoms with Gasteiger partial charge in [0.2, 0.25) is 5.91 Å². The number of carbonyl (C=O) groups is 1. The van der Waals surface area contributed by atoms with E-state index in [0.29, 0.717) is 0 Å². The fourth-order valence-electron chi connectivity index (χ4n) is 2.30. The number of nitrogens with one attached hydrogen (secondary N) is 1. The molecule has 0 aliphatic carbocycles. The summed E-state index contributed by atoms with van der Waals surface area (Å²) in [5.41, 5.74) is 1.97. The molecule has 6 nitrogen and oxygen atoms in total. The maximum Gasteiger partial charge on any atom is 0.294 e. The maximum absolute atomic E-state index is 12.1. The lowest BCUT2D eigenvalue weighted by Gasteiger charge is -2.18. The average Bonchev–Trinajstić information content (AvgIpc) is 2.67. The summed E-state index contributed by atoms with van der Waals surface area (Å²) in [6.45, 7) is 10.4. The Balaban J connectivity index is 0.00000190. The van der Waals surface area contributed by atoms with Crippen molar-refractivity contribution in [2.45, 2.75) is 40.0 Å². The van der Waals surface area contributed by atoms with E-state index in [2.05, 4.69) is 26.1 Å². The number of benzene rings is 2. The minimum absolute atomic E-state index is 0.0479. The van der Waals surface area contributed by atoms with E-state index in [1.807, 2.05) is 44.2 Å². The molecule has 0 fully saturated rings. The first-order valence-electron chi connectivity index (χ1n) is 8.99. The molecular weight excluding hydrogens is 354 g/mol. The van der Waals surface area contributed by atoms with Gasteiger partial charge in [-0.05, 0) is 34.8 Å². The highest BCUT2D eigenvalue weighted by Gasteiger charge is 2.16. The zero-order valence-corrected chi connectivity index (χ0v) is 16.8. The summed E-state index contributed by atoms with van der Waals surface area (Å²) in [6.07, 6.45) is 2.95. The number of hydrogen-bond donors (Lipinski definition) is 1. The molecule has 2 rings (SSSR count). The summed E-state index contributed by atoms with van der Waals surface area (Å²) in [5, 5.41) is 22.4. The third-order valence-electron chi connectivity index (χ3n) is 3.79. The van der Waals surface area contributed by atoms with Gasteiger partial charge in [-0.25, -0.2) is 0 Å². The standard InChI is InChI=1S/C20H19N3O3.C2H6/c1-20(2,3)16-8-4-14(5-9-16)7-11-19(24)22-17-10-6-15(13-21)12-18(17)23(25)26;1-2/h4-12H,1-3H3,(H,22,24);1-2H3/b11-7+;. The van der Waals surface area contributed by atoms with Crippen LogP contribution in [0.4, 0.5) is 11.4 Å². The van der Waals surface area contributed by atoms with Gasteiger partial charge in [0.15, 0.2) is 0 Å². The maximum atomic E-state index is 12.1. The van der Waals surface area contributed by atoms with Gasteiger partial charge >= 0.3 is 0 Å². The number of nitrogens with zero attached hydrogens (tertiary/aromatic N) is 2. The van der Waals surface area contributed by atoms with E-state index in [-0.39, 0.29) is 22.4 Å². The van der Waals surface area contributed by atoms with Crippen LogP contribution in [0.15, 0.2) is 48.5 Å². The Morgan fingerprint density at radius 1 is 1.14 bits per heavy atom. The fraction of sp³-hybridized carbons (Fsp3) is 0.273. The van der Waals surface area contributed by atoms with Gasteiger partial charge in [0.05, 0.1) is 16.6 Å². The van der Waals surface area contributed by atoms with Gasteiger partial charge in [0.25, 0.3) is 5.69 Å². The van der Waals surface area contributed by atoms with E-state index in [4.69, 9.17) is 5.26 Å². The van der Waals surface area contributed by atoms with Gasteiger partial charge < -0.3 is 5.32 Å².